The number of oxazole rings is 1. The molecule has 1 atom stereocenters. The molecule has 7 nitrogen and oxygen atoms in total. The topological polar surface area (TPSA) is 69.2 Å². The monoisotopic (exact) mass is 331 g/mol. The lowest BCUT2D eigenvalue weighted by molar-refractivity contribution is -0.0406. The molecule has 0 amide bonds. The highest BCUT2D eigenvalue weighted by molar-refractivity contribution is 7.13. The number of hydrogen-bond donors (Lipinski definition) is 0. The summed E-state index contributed by atoms with van der Waals surface area (Å²) >= 11 is 1.63. The van der Waals surface area contributed by atoms with Crippen LogP contribution in [0.2, 0.25) is 0 Å². The van der Waals surface area contributed by atoms with Gasteiger partial charge >= 0.3 is 0 Å². The van der Waals surface area contributed by atoms with E-state index in [9.17, 15) is 0 Å². The van der Waals surface area contributed by atoms with E-state index in [1.165, 1.54) is 0 Å². The normalized spacial score (nSPS) is 19.2. The Labute approximate surface area is 137 Å². The second-order valence-corrected chi connectivity index (χ2v) is 6.41. The van der Waals surface area contributed by atoms with Crippen LogP contribution in [0.1, 0.15) is 5.69 Å². The number of morpholine rings is 1. The molecule has 1 aliphatic rings. The molecule has 23 heavy (non-hydrogen) atoms. The van der Waals surface area contributed by atoms with Crippen molar-refractivity contribution in [3.05, 3.63) is 42.1 Å². The number of rotatable bonds is 5. The molecule has 0 N–H and O–H groups in total. The van der Waals surface area contributed by atoms with Crippen molar-refractivity contribution in [2.75, 3.05) is 19.7 Å². The minimum Gasteiger partial charge on any atom is -0.444 e. The largest absolute Gasteiger partial charge is 0.444 e. The van der Waals surface area contributed by atoms with Gasteiger partial charge in [0.05, 0.1) is 29.8 Å². The summed E-state index contributed by atoms with van der Waals surface area (Å²) in [6.07, 6.45) is 5.13. The molecule has 0 radical (unpaired) electrons. The van der Waals surface area contributed by atoms with E-state index < -0.39 is 0 Å². The minimum absolute atomic E-state index is 0.120. The van der Waals surface area contributed by atoms with Gasteiger partial charge in [-0.1, -0.05) is 6.07 Å². The van der Waals surface area contributed by atoms with E-state index in [0.29, 0.717) is 5.89 Å². The van der Waals surface area contributed by atoms with Crippen LogP contribution < -0.4 is 0 Å². The first-order valence-corrected chi connectivity index (χ1v) is 8.39. The Morgan fingerprint density at radius 3 is 3.22 bits per heavy atom. The Morgan fingerprint density at radius 2 is 2.39 bits per heavy atom. The van der Waals surface area contributed by atoms with Crippen molar-refractivity contribution in [2.24, 2.45) is 0 Å². The third kappa shape index (κ3) is 3.49. The summed E-state index contributed by atoms with van der Waals surface area (Å²) in [7, 11) is 0. The average molecular weight is 331 g/mol. The Bertz CT molecular complexity index is 725. The quantitative estimate of drug-likeness (QED) is 0.711. The second-order valence-electron chi connectivity index (χ2n) is 5.47. The first kappa shape index (κ1) is 14.6. The maximum atomic E-state index is 5.81. The predicted octanol–water partition coefficient (Wildman–Crippen LogP) is 1.90. The third-order valence-electron chi connectivity index (χ3n) is 3.75. The molecule has 3 aromatic rings. The van der Waals surface area contributed by atoms with Crippen LogP contribution in [-0.4, -0.2) is 50.4 Å². The average Bonchev–Trinajstić information content (AvgIpc) is 3.30. The summed E-state index contributed by atoms with van der Waals surface area (Å²) in [5.74, 6) is 0.697. The van der Waals surface area contributed by atoms with Gasteiger partial charge in [0.25, 0.3) is 0 Å². The highest BCUT2D eigenvalue weighted by Crippen LogP contribution is 2.24. The lowest BCUT2D eigenvalue weighted by Crippen LogP contribution is -2.43. The van der Waals surface area contributed by atoms with E-state index >= 15 is 0 Å². The highest BCUT2D eigenvalue weighted by atomic mass is 32.1. The first-order valence-electron chi connectivity index (χ1n) is 7.51. The smallest absolute Gasteiger partial charge is 0.236 e. The van der Waals surface area contributed by atoms with Crippen LogP contribution in [0, 0.1) is 0 Å². The number of nitrogens with zero attached hydrogens (tertiary/aromatic N) is 5. The SMILES string of the molecule is c1csc(-c2nc(CN3CCO[C@@H](Cn4cncn4)C3)co2)c1. The maximum Gasteiger partial charge on any atom is 0.236 e. The van der Waals surface area contributed by atoms with Crippen LogP contribution in [0.3, 0.4) is 0 Å². The molecule has 0 unspecified atom stereocenters. The van der Waals surface area contributed by atoms with Gasteiger partial charge in [-0.15, -0.1) is 11.3 Å². The standard InChI is InChI=1S/C15H17N5O2S/c1-2-14(23-5-1)15-18-12(9-22-15)6-19-3-4-21-13(7-19)8-20-11-16-10-17-20/h1-2,5,9-11,13H,3-4,6-8H2/t13-/m1/s1. The van der Waals surface area contributed by atoms with E-state index in [1.807, 2.05) is 17.5 Å². The first-order chi connectivity index (χ1) is 11.4. The molecule has 8 heteroatoms. The molecule has 1 saturated heterocycles. The fraction of sp³-hybridized carbons (Fsp3) is 0.400. The van der Waals surface area contributed by atoms with Gasteiger partial charge in [0.15, 0.2) is 0 Å². The van der Waals surface area contributed by atoms with Gasteiger partial charge in [-0.05, 0) is 11.4 Å². The van der Waals surface area contributed by atoms with Gasteiger partial charge in [0.1, 0.15) is 18.9 Å². The van der Waals surface area contributed by atoms with E-state index in [1.54, 1.807) is 34.9 Å². The summed E-state index contributed by atoms with van der Waals surface area (Å²) in [6, 6.07) is 4.02. The molecular formula is C15H17N5O2S. The van der Waals surface area contributed by atoms with Crippen LogP contribution in [0.5, 0.6) is 0 Å². The van der Waals surface area contributed by atoms with Crippen LogP contribution >= 0.6 is 11.3 Å². The van der Waals surface area contributed by atoms with Gasteiger partial charge in [-0.3, -0.25) is 9.58 Å². The fourth-order valence-corrected chi connectivity index (χ4v) is 3.35. The Morgan fingerprint density at radius 1 is 1.39 bits per heavy atom. The molecule has 1 fully saturated rings. The Balaban J connectivity index is 1.37. The zero-order chi connectivity index (χ0) is 15.5. The van der Waals surface area contributed by atoms with Crippen molar-refractivity contribution >= 4 is 11.3 Å². The van der Waals surface area contributed by atoms with E-state index in [-0.39, 0.29) is 6.10 Å². The van der Waals surface area contributed by atoms with Gasteiger partial charge in [-0.2, -0.15) is 5.10 Å². The van der Waals surface area contributed by atoms with E-state index in [4.69, 9.17) is 9.15 Å². The van der Waals surface area contributed by atoms with Crippen molar-refractivity contribution < 1.29 is 9.15 Å². The fourth-order valence-electron chi connectivity index (χ4n) is 2.69. The summed E-state index contributed by atoms with van der Waals surface area (Å²) < 4.78 is 13.2. The molecule has 1 aliphatic heterocycles. The molecular weight excluding hydrogens is 314 g/mol. The molecule has 0 saturated carbocycles. The molecule has 0 aromatic carbocycles. The molecule has 4 heterocycles. The van der Waals surface area contributed by atoms with Gasteiger partial charge in [0, 0.05) is 19.6 Å². The highest BCUT2D eigenvalue weighted by Gasteiger charge is 2.22. The molecule has 0 aliphatic carbocycles. The molecule has 0 spiro atoms. The summed E-state index contributed by atoms with van der Waals surface area (Å²) in [6.45, 7) is 3.95. The molecule has 0 bridgehead atoms. The van der Waals surface area contributed by atoms with Crippen molar-refractivity contribution in [2.45, 2.75) is 19.2 Å². The van der Waals surface area contributed by atoms with Crippen molar-refractivity contribution in [3.8, 4) is 10.8 Å². The van der Waals surface area contributed by atoms with Crippen molar-refractivity contribution in [1.29, 1.82) is 0 Å². The van der Waals surface area contributed by atoms with E-state index in [2.05, 4.69) is 20.0 Å². The Hall–Kier alpha value is -2.03. The van der Waals surface area contributed by atoms with E-state index in [0.717, 1.165) is 43.4 Å². The lowest BCUT2D eigenvalue weighted by Gasteiger charge is -2.32. The van der Waals surface area contributed by atoms with Crippen molar-refractivity contribution in [1.82, 2.24) is 24.6 Å². The van der Waals surface area contributed by atoms with Gasteiger partial charge < -0.3 is 9.15 Å². The summed E-state index contributed by atoms with van der Waals surface area (Å²) in [5, 5.41) is 6.16. The van der Waals surface area contributed by atoms with Crippen LogP contribution in [-0.2, 0) is 17.8 Å². The minimum atomic E-state index is 0.120. The number of hydrogen-bond acceptors (Lipinski definition) is 7. The zero-order valence-corrected chi connectivity index (χ0v) is 13.4. The van der Waals surface area contributed by atoms with Crippen LogP contribution in [0.4, 0.5) is 0 Å². The maximum absolute atomic E-state index is 5.81. The summed E-state index contributed by atoms with van der Waals surface area (Å²) in [5.41, 5.74) is 0.954. The lowest BCUT2D eigenvalue weighted by atomic mass is 10.2. The van der Waals surface area contributed by atoms with Crippen LogP contribution in [0.15, 0.2) is 40.8 Å². The second kappa shape index (κ2) is 6.61. The molecule has 3 aromatic heterocycles. The molecule has 120 valence electrons. The molecule has 4 rings (SSSR count). The summed E-state index contributed by atoms with van der Waals surface area (Å²) in [4.78, 5) is 11.9. The van der Waals surface area contributed by atoms with Crippen molar-refractivity contribution in [3.63, 3.8) is 0 Å². The Kier molecular flexibility index (Phi) is 4.18. The number of aromatic nitrogens is 4. The zero-order valence-electron chi connectivity index (χ0n) is 12.5. The number of thiophene rings is 1. The van der Waals surface area contributed by atoms with Gasteiger partial charge in [-0.25, -0.2) is 9.97 Å². The van der Waals surface area contributed by atoms with Gasteiger partial charge in [0.2, 0.25) is 5.89 Å². The van der Waals surface area contributed by atoms with Crippen LogP contribution in [0.25, 0.3) is 10.8 Å². The predicted molar refractivity (Wildman–Crippen MR) is 84.9 cm³/mol. The third-order valence-corrected chi connectivity index (χ3v) is 4.61. The number of ether oxygens (including phenoxy) is 1.